The Morgan fingerprint density at radius 3 is 2.69 bits per heavy atom. The minimum Gasteiger partial charge on any atom is -0.327 e. The third-order valence-corrected chi connectivity index (χ3v) is 3.01. The van der Waals surface area contributed by atoms with Gasteiger partial charge in [-0.1, -0.05) is 29.8 Å². The van der Waals surface area contributed by atoms with Crippen LogP contribution >= 0.6 is 11.6 Å². The van der Waals surface area contributed by atoms with Gasteiger partial charge in [0.2, 0.25) is 0 Å². The van der Waals surface area contributed by atoms with Crippen molar-refractivity contribution in [3.63, 3.8) is 0 Å². The molecule has 1 saturated carbocycles. The van der Waals surface area contributed by atoms with Gasteiger partial charge >= 0.3 is 0 Å². The van der Waals surface area contributed by atoms with Gasteiger partial charge in [-0.15, -0.1) is 0 Å². The van der Waals surface area contributed by atoms with Crippen LogP contribution in [0.1, 0.15) is 18.4 Å². The summed E-state index contributed by atoms with van der Waals surface area (Å²) in [5.74, 6) is 0.747. The Morgan fingerprint density at radius 1 is 1.38 bits per heavy atom. The van der Waals surface area contributed by atoms with Crippen molar-refractivity contribution in [3.05, 3.63) is 34.9 Å². The second-order valence-corrected chi connectivity index (χ2v) is 4.20. The number of nitrogens with two attached hydrogens (primary N) is 1. The first kappa shape index (κ1) is 9.04. The zero-order valence-electron chi connectivity index (χ0n) is 7.54. The lowest BCUT2D eigenvalue weighted by atomic mass is 10.0. The van der Waals surface area contributed by atoms with E-state index in [2.05, 4.69) is 6.07 Å². The molecular formula is C11H14ClN. The van der Waals surface area contributed by atoms with Gasteiger partial charge in [0.15, 0.2) is 0 Å². The van der Waals surface area contributed by atoms with Gasteiger partial charge in [0.25, 0.3) is 0 Å². The first-order valence-corrected chi connectivity index (χ1v) is 5.14. The third kappa shape index (κ3) is 2.23. The fraction of sp³-hybridized carbons (Fsp3) is 0.455. The van der Waals surface area contributed by atoms with Crippen LogP contribution in [0, 0.1) is 5.92 Å². The van der Waals surface area contributed by atoms with E-state index in [0.717, 1.165) is 17.4 Å². The molecule has 0 radical (unpaired) electrons. The fourth-order valence-electron chi connectivity index (χ4n) is 1.61. The molecule has 0 aliphatic heterocycles. The highest BCUT2D eigenvalue weighted by atomic mass is 35.5. The van der Waals surface area contributed by atoms with Gasteiger partial charge < -0.3 is 5.73 Å². The van der Waals surface area contributed by atoms with E-state index in [1.165, 1.54) is 18.4 Å². The molecule has 0 amide bonds. The molecule has 2 N–H and O–H groups in total. The van der Waals surface area contributed by atoms with Crippen LogP contribution in [0.4, 0.5) is 0 Å². The second-order valence-electron chi connectivity index (χ2n) is 3.80. The van der Waals surface area contributed by atoms with Gasteiger partial charge in [0.1, 0.15) is 0 Å². The van der Waals surface area contributed by atoms with E-state index in [1.807, 2.05) is 18.2 Å². The Morgan fingerprint density at radius 2 is 2.08 bits per heavy atom. The molecule has 1 unspecified atom stereocenters. The molecule has 0 spiro atoms. The average Bonchev–Trinajstić information content (AvgIpc) is 2.91. The van der Waals surface area contributed by atoms with Crippen LogP contribution in [0.5, 0.6) is 0 Å². The van der Waals surface area contributed by atoms with Crippen molar-refractivity contribution >= 4 is 11.6 Å². The van der Waals surface area contributed by atoms with Crippen LogP contribution in [0.15, 0.2) is 24.3 Å². The van der Waals surface area contributed by atoms with Crippen LogP contribution < -0.4 is 5.73 Å². The van der Waals surface area contributed by atoms with E-state index in [1.54, 1.807) is 0 Å². The molecule has 13 heavy (non-hydrogen) atoms. The predicted octanol–water partition coefficient (Wildman–Crippen LogP) is 2.62. The minimum absolute atomic E-state index is 0.305. The Hall–Kier alpha value is -0.530. The molecule has 1 aromatic carbocycles. The van der Waals surface area contributed by atoms with Crippen molar-refractivity contribution in [2.24, 2.45) is 11.7 Å². The molecule has 2 rings (SSSR count). The van der Waals surface area contributed by atoms with Crippen molar-refractivity contribution < 1.29 is 0 Å². The van der Waals surface area contributed by atoms with E-state index in [9.17, 15) is 0 Å². The van der Waals surface area contributed by atoms with Gasteiger partial charge in [0.05, 0.1) is 0 Å². The molecule has 70 valence electrons. The summed E-state index contributed by atoms with van der Waals surface area (Å²) >= 11 is 6.04. The van der Waals surface area contributed by atoms with Crippen LogP contribution in [0.3, 0.4) is 0 Å². The molecule has 0 bridgehead atoms. The standard InChI is InChI=1S/C11H14ClN/c12-10-4-2-1-3-9(10)7-11(13)8-5-6-8/h1-4,8,11H,5-7,13H2. The van der Waals surface area contributed by atoms with Crippen molar-refractivity contribution in [2.75, 3.05) is 0 Å². The molecule has 0 saturated heterocycles. The Labute approximate surface area is 83.9 Å². The maximum Gasteiger partial charge on any atom is 0.0438 e. The molecular weight excluding hydrogens is 182 g/mol. The molecule has 0 heterocycles. The van der Waals surface area contributed by atoms with Crippen molar-refractivity contribution in [1.82, 2.24) is 0 Å². The summed E-state index contributed by atoms with van der Waals surface area (Å²) in [7, 11) is 0. The van der Waals surface area contributed by atoms with Crippen LogP contribution in [0.2, 0.25) is 5.02 Å². The summed E-state index contributed by atoms with van der Waals surface area (Å²) in [6, 6.07) is 8.26. The SMILES string of the molecule is NC(Cc1ccccc1Cl)C1CC1. The highest BCUT2D eigenvalue weighted by Crippen LogP contribution is 2.33. The molecule has 1 fully saturated rings. The van der Waals surface area contributed by atoms with Crippen LogP contribution in [0.25, 0.3) is 0 Å². The second kappa shape index (κ2) is 3.69. The average molecular weight is 196 g/mol. The van der Waals surface area contributed by atoms with Gasteiger partial charge in [-0.2, -0.15) is 0 Å². The highest BCUT2D eigenvalue weighted by molar-refractivity contribution is 6.31. The summed E-state index contributed by atoms with van der Waals surface area (Å²) < 4.78 is 0. The largest absolute Gasteiger partial charge is 0.327 e. The molecule has 1 nitrogen and oxygen atoms in total. The van der Waals surface area contributed by atoms with Crippen molar-refractivity contribution in [3.8, 4) is 0 Å². The lowest BCUT2D eigenvalue weighted by Gasteiger charge is -2.10. The number of benzene rings is 1. The number of halogens is 1. The maximum absolute atomic E-state index is 6.04. The summed E-state index contributed by atoms with van der Waals surface area (Å²) in [5.41, 5.74) is 7.21. The summed E-state index contributed by atoms with van der Waals surface area (Å²) in [6.45, 7) is 0. The molecule has 1 atom stereocenters. The lowest BCUT2D eigenvalue weighted by molar-refractivity contribution is 0.592. The fourth-order valence-corrected chi connectivity index (χ4v) is 1.82. The predicted molar refractivity (Wildman–Crippen MR) is 55.9 cm³/mol. The normalized spacial score (nSPS) is 18.6. The smallest absolute Gasteiger partial charge is 0.0438 e. The van der Waals surface area contributed by atoms with Crippen LogP contribution in [-0.4, -0.2) is 6.04 Å². The van der Waals surface area contributed by atoms with Gasteiger partial charge in [-0.05, 0) is 36.8 Å². The third-order valence-electron chi connectivity index (χ3n) is 2.64. The zero-order chi connectivity index (χ0) is 9.26. The topological polar surface area (TPSA) is 26.0 Å². The van der Waals surface area contributed by atoms with Gasteiger partial charge in [-0.25, -0.2) is 0 Å². The minimum atomic E-state index is 0.305. The van der Waals surface area contributed by atoms with Crippen molar-refractivity contribution in [2.45, 2.75) is 25.3 Å². The molecule has 1 aliphatic rings. The summed E-state index contributed by atoms with van der Waals surface area (Å²) in [6.07, 6.45) is 3.52. The Balaban J connectivity index is 2.03. The summed E-state index contributed by atoms with van der Waals surface area (Å²) in [5, 5.41) is 0.846. The first-order valence-electron chi connectivity index (χ1n) is 4.76. The Bertz CT molecular complexity index is 294. The Kier molecular flexibility index (Phi) is 2.56. The number of rotatable bonds is 3. The van der Waals surface area contributed by atoms with E-state index in [0.29, 0.717) is 6.04 Å². The lowest BCUT2D eigenvalue weighted by Crippen LogP contribution is -2.25. The maximum atomic E-state index is 6.04. The molecule has 0 aromatic heterocycles. The monoisotopic (exact) mass is 195 g/mol. The van der Waals surface area contributed by atoms with Crippen molar-refractivity contribution in [1.29, 1.82) is 0 Å². The van der Waals surface area contributed by atoms with E-state index < -0.39 is 0 Å². The van der Waals surface area contributed by atoms with Crippen LogP contribution in [-0.2, 0) is 6.42 Å². The van der Waals surface area contributed by atoms with Gasteiger partial charge in [0, 0.05) is 11.1 Å². The van der Waals surface area contributed by atoms with E-state index in [4.69, 9.17) is 17.3 Å². The number of hydrogen-bond donors (Lipinski definition) is 1. The molecule has 1 aromatic rings. The van der Waals surface area contributed by atoms with E-state index >= 15 is 0 Å². The molecule has 1 aliphatic carbocycles. The quantitative estimate of drug-likeness (QED) is 0.789. The van der Waals surface area contributed by atoms with E-state index in [-0.39, 0.29) is 0 Å². The highest BCUT2D eigenvalue weighted by Gasteiger charge is 2.28. The summed E-state index contributed by atoms with van der Waals surface area (Å²) in [4.78, 5) is 0. The molecule has 2 heteroatoms. The van der Waals surface area contributed by atoms with Gasteiger partial charge in [-0.3, -0.25) is 0 Å². The number of hydrogen-bond acceptors (Lipinski definition) is 1. The zero-order valence-corrected chi connectivity index (χ0v) is 8.30. The first-order chi connectivity index (χ1) is 6.27.